The molecular formula is C20H17ClN4OS3. The zero-order valence-electron chi connectivity index (χ0n) is 16.0. The highest BCUT2D eigenvalue weighted by atomic mass is 35.5. The summed E-state index contributed by atoms with van der Waals surface area (Å²) in [6, 6.07) is 5.87. The lowest BCUT2D eigenvalue weighted by molar-refractivity contribution is -0.115. The van der Waals surface area contributed by atoms with Crippen LogP contribution in [0.1, 0.15) is 23.7 Å². The quantitative estimate of drug-likeness (QED) is 0.255. The van der Waals surface area contributed by atoms with Gasteiger partial charge in [-0.25, -0.2) is 15.0 Å². The van der Waals surface area contributed by atoms with Crippen LogP contribution in [0, 0.1) is 13.8 Å². The Bertz CT molecular complexity index is 1180. The number of halogens is 1. The van der Waals surface area contributed by atoms with Crippen LogP contribution in [0.5, 0.6) is 0 Å². The van der Waals surface area contributed by atoms with E-state index < -0.39 is 0 Å². The van der Waals surface area contributed by atoms with Crippen molar-refractivity contribution in [2.45, 2.75) is 31.6 Å². The molecule has 0 radical (unpaired) electrons. The molecule has 4 rings (SSSR count). The monoisotopic (exact) mass is 460 g/mol. The summed E-state index contributed by atoms with van der Waals surface area (Å²) in [7, 11) is 0. The normalized spacial score (nSPS) is 11.2. The molecule has 0 unspecified atom stereocenters. The molecule has 0 aliphatic rings. The van der Waals surface area contributed by atoms with Crippen LogP contribution < -0.4 is 4.90 Å². The number of aromatic nitrogens is 3. The van der Waals surface area contributed by atoms with Gasteiger partial charge in [-0.05, 0) is 42.5 Å². The average molecular weight is 461 g/mol. The number of thiophene rings is 1. The van der Waals surface area contributed by atoms with Gasteiger partial charge < -0.3 is 0 Å². The number of thioether (sulfide) groups is 1. The van der Waals surface area contributed by atoms with Crippen LogP contribution in [0.4, 0.5) is 10.8 Å². The molecule has 9 heteroatoms. The summed E-state index contributed by atoms with van der Waals surface area (Å²) < 4.78 is 1.08. The number of fused-ring (bicyclic) bond motifs is 1. The standard InChI is InChI=1S/C20H17ClN4OS3/c1-11-6-12(2)17(15(21)7-11)25(13(3)26)20-24-14(9-29-20)8-28-19-18-16(4-5-27-18)22-10-23-19/h4-7,9-10H,8H2,1-3H3. The minimum Gasteiger partial charge on any atom is -0.274 e. The smallest absolute Gasteiger partial charge is 0.230 e. The van der Waals surface area contributed by atoms with E-state index in [1.54, 1.807) is 34.3 Å². The molecule has 3 aromatic heterocycles. The highest BCUT2D eigenvalue weighted by Gasteiger charge is 2.22. The van der Waals surface area contributed by atoms with Crippen molar-refractivity contribution < 1.29 is 4.79 Å². The molecule has 148 valence electrons. The Morgan fingerprint density at radius 3 is 2.83 bits per heavy atom. The van der Waals surface area contributed by atoms with Gasteiger partial charge in [-0.3, -0.25) is 9.69 Å². The number of amides is 1. The Morgan fingerprint density at radius 2 is 2.07 bits per heavy atom. The number of anilines is 2. The largest absolute Gasteiger partial charge is 0.274 e. The number of rotatable bonds is 5. The number of aryl methyl sites for hydroxylation is 2. The molecule has 29 heavy (non-hydrogen) atoms. The summed E-state index contributed by atoms with van der Waals surface area (Å²) in [5.41, 5.74) is 4.54. The van der Waals surface area contributed by atoms with Gasteiger partial charge in [0.1, 0.15) is 11.4 Å². The summed E-state index contributed by atoms with van der Waals surface area (Å²) in [5.74, 6) is 0.538. The summed E-state index contributed by atoms with van der Waals surface area (Å²) in [5, 5.41) is 6.10. The molecule has 0 fully saturated rings. The first-order chi connectivity index (χ1) is 13.9. The number of carbonyl (C=O) groups excluding carboxylic acids is 1. The van der Waals surface area contributed by atoms with Crippen molar-refractivity contribution in [3.63, 3.8) is 0 Å². The van der Waals surface area contributed by atoms with E-state index in [1.807, 2.05) is 42.8 Å². The zero-order chi connectivity index (χ0) is 20.5. The molecule has 3 heterocycles. The number of carbonyl (C=O) groups is 1. The van der Waals surface area contributed by atoms with Crippen LogP contribution in [0.3, 0.4) is 0 Å². The third kappa shape index (κ3) is 4.16. The van der Waals surface area contributed by atoms with E-state index >= 15 is 0 Å². The third-order valence-electron chi connectivity index (χ3n) is 4.23. The maximum absolute atomic E-state index is 12.5. The van der Waals surface area contributed by atoms with Crippen LogP contribution >= 0.6 is 46.0 Å². The van der Waals surface area contributed by atoms with Gasteiger partial charge in [0, 0.05) is 18.1 Å². The fraction of sp³-hybridized carbons (Fsp3) is 0.200. The van der Waals surface area contributed by atoms with Crippen LogP contribution in [-0.2, 0) is 10.5 Å². The van der Waals surface area contributed by atoms with Gasteiger partial charge in [0.2, 0.25) is 5.91 Å². The van der Waals surface area contributed by atoms with E-state index in [-0.39, 0.29) is 5.91 Å². The van der Waals surface area contributed by atoms with Crippen molar-refractivity contribution in [1.82, 2.24) is 15.0 Å². The second-order valence-corrected chi connectivity index (χ2v) is 9.61. The van der Waals surface area contributed by atoms with E-state index in [9.17, 15) is 4.79 Å². The molecule has 0 spiro atoms. The van der Waals surface area contributed by atoms with Gasteiger partial charge in [-0.2, -0.15) is 0 Å². The second-order valence-electron chi connectivity index (χ2n) is 6.49. The molecule has 0 aliphatic carbocycles. The molecule has 1 aromatic carbocycles. The first-order valence-electron chi connectivity index (χ1n) is 8.77. The molecule has 0 N–H and O–H groups in total. The van der Waals surface area contributed by atoms with Crippen LogP contribution in [0.25, 0.3) is 10.2 Å². The Hall–Kier alpha value is -2.00. The number of nitrogens with zero attached hydrogens (tertiary/aromatic N) is 4. The third-order valence-corrected chi connectivity index (χ3v) is 7.46. The predicted octanol–water partition coefficient (Wildman–Crippen LogP) is 6.39. The molecule has 0 bridgehead atoms. The fourth-order valence-corrected chi connectivity index (χ4v) is 6.28. The molecule has 0 aliphatic heterocycles. The highest BCUT2D eigenvalue weighted by molar-refractivity contribution is 7.98. The number of hydrogen-bond donors (Lipinski definition) is 0. The first kappa shape index (κ1) is 20.3. The van der Waals surface area contributed by atoms with Crippen molar-refractivity contribution >= 4 is 73.0 Å². The van der Waals surface area contributed by atoms with Crippen LogP contribution in [-0.4, -0.2) is 20.9 Å². The maximum atomic E-state index is 12.5. The molecule has 5 nitrogen and oxygen atoms in total. The second kappa shape index (κ2) is 8.39. The molecule has 0 atom stereocenters. The van der Waals surface area contributed by atoms with Crippen LogP contribution in [0.15, 0.2) is 40.3 Å². The lowest BCUT2D eigenvalue weighted by Gasteiger charge is -2.22. The lowest BCUT2D eigenvalue weighted by Crippen LogP contribution is -2.24. The maximum Gasteiger partial charge on any atom is 0.230 e. The van der Waals surface area contributed by atoms with Gasteiger partial charge in [0.25, 0.3) is 0 Å². The fourth-order valence-electron chi connectivity index (χ4n) is 3.06. The van der Waals surface area contributed by atoms with Crippen molar-refractivity contribution in [3.05, 3.63) is 57.1 Å². The molecular weight excluding hydrogens is 444 g/mol. The Labute approximate surface area is 185 Å². The van der Waals surface area contributed by atoms with Crippen molar-refractivity contribution in [3.8, 4) is 0 Å². The first-order valence-corrected chi connectivity index (χ1v) is 11.9. The summed E-state index contributed by atoms with van der Waals surface area (Å²) in [6.45, 7) is 5.47. The van der Waals surface area contributed by atoms with E-state index in [4.69, 9.17) is 16.6 Å². The van der Waals surface area contributed by atoms with E-state index in [0.717, 1.165) is 32.1 Å². The number of thiazole rings is 1. The minimum absolute atomic E-state index is 0.122. The Morgan fingerprint density at radius 1 is 1.24 bits per heavy atom. The van der Waals surface area contributed by atoms with Gasteiger partial charge in [0.05, 0.1) is 26.6 Å². The van der Waals surface area contributed by atoms with Gasteiger partial charge in [-0.1, -0.05) is 29.4 Å². The average Bonchev–Trinajstić information content (AvgIpc) is 3.32. The van der Waals surface area contributed by atoms with Crippen molar-refractivity contribution in [1.29, 1.82) is 0 Å². The van der Waals surface area contributed by atoms with Gasteiger partial charge >= 0.3 is 0 Å². The van der Waals surface area contributed by atoms with E-state index in [1.165, 1.54) is 18.3 Å². The Balaban J connectivity index is 1.60. The summed E-state index contributed by atoms with van der Waals surface area (Å²) >= 11 is 11.2. The van der Waals surface area contributed by atoms with Crippen molar-refractivity contribution in [2.75, 3.05) is 4.90 Å². The summed E-state index contributed by atoms with van der Waals surface area (Å²) in [4.78, 5) is 27.4. The van der Waals surface area contributed by atoms with Gasteiger partial charge in [-0.15, -0.1) is 22.7 Å². The van der Waals surface area contributed by atoms with E-state index in [0.29, 0.717) is 21.6 Å². The zero-order valence-corrected chi connectivity index (χ0v) is 19.2. The van der Waals surface area contributed by atoms with Gasteiger partial charge in [0.15, 0.2) is 5.13 Å². The lowest BCUT2D eigenvalue weighted by atomic mass is 10.1. The van der Waals surface area contributed by atoms with Crippen molar-refractivity contribution in [2.24, 2.45) is 0 Å². The number of benzene rings is 1. The molecule has 0 saturated heterocycles. The Kier molecular flexibility index (Phi) is 5.87. The topological polar surface area (TPSA) is 59.0 Å². The minimum atomic E-state index is -0.122. The van der Waals surface area contributed by atoms with E-state index in [2.05, 4.69) is 9.97 Å². The highest BCUT2D eigenvalue weighted by Crippen LogP contribution is 2.38. The SMILES string of the molecule is CC(=O)N(c1nc(CSc2ncnc3ccsc23)cs1)c1c(C)cc(C)cc1Cl. The summed E-state index contributed by atoms with van der Waals surface area (Å²) in [6.07, 6.45) is 1.59. The molecule has 0 saturated carbocycles. The predicted molar refractivity (Wildman–Crippen MR) is 123 cm³/mol. The number of hydrogen-bond acceptors (Lipinski definition) is 7. The molecule has 1 amide bonds. The van der Waals surface area contributed by atoms with Crippen LogP contribution in [0.2, 0.25) is 5.02 Å². The molecule has 4 aromatic rings.